The van der Waals surface area contributed by atoms with Crippen LogP contribution in [0.1, 0.15) is 150 Å². The fourth-order valence-electron chi connectivity index (χ4n) is 15.2. The van der Waals surface area contributed by atoms with Gasteiger partial charge in [-0.05, 0) is 147 Å². The Kier molecular flexibility index (Phi) is 31.1. The molecule has 32 nitrogen and oxygen atoms in total. The van der Waals surface area contributed by atoms with Crippen LogP contribution >= 0.6 is 22.7 Å². The normalized spacial score (nSPS) is 16.3. The van der Waals surface area contributed by atoms with Gasteiger partial charge in [-0.15, -0.1) is 0 Å². The molecule has 8 amide bonds. The van der Waals surface area contributed by atoms with Crippen molar-refractivity contribution in [1.82, 2.24) is 46.1 Å². The maximum atomic E-state index is 13.4. The van der Waals surface area contributed by atoms with Gasteiger partial charge in [0.05, 0.1) is 67.1 Å². The minimum absolute atomic E-state index is 0.0382. The van der Waals surface area contributed by atoms with E-state index >= 15 is 0 Å². The minimum atomic E-state index is -1.34. The first-order valence-corrected chi connectivity index (χ1v) is 43.4. The number of hydrogen-bond acceptors (Lipinski definition) is 25. The third-order valence-corrected chi connectivity index (χ3v) is 23.9. The molecule has 5 aliphatic rings. The number of aromatic nitrogens is 4. The summed E-state index contributed by atoms with van der Waals surface area (Å²) >= 11 is 2.89. The molecule has 15 rings (SSSR count). The molecule has 0 bridgehead atoms. The van der Waals surface area contributed by atoms with Gasteiger partial charge < -0.3 is 84.6 Å². The predicted octanol–water partition coefficient (Wildman–Crippen LogP) is 10.5. The average Bonchev–Trinajstić information content (AvgIpc) is 1.61. The molecule has 4 aromatic heterocycles. The molecule has 4 unspecified atom stereocenters. The van der Waals surface area contributed by atoms with E-state index in [1.165, 1.54) is 74.9 Å². The van der Waals surface area contributed by atoms with E-state index in [4.69, 9.17) is 39.3 Å². The number of aromatic amines is 2. The molecule has 9 heterocycles. The second-order valence-electron chi connectivity index (χ2n) is 30.4. The van der Waals surface area contributed by atoms with E-state index in [0.717, 1.165) is 153 Å². The average molecular weight is 1730 g/mol. The van der Waals surface area contributed by atoms with Crippen LogP contribution in [-0.4, -0.2) is 224 Å². The van der Waals surface area contributed by atoms with Crippen molar-refractivity contribution in [3.05, 3.63) is 201 Å². The number of carbonyl (C=O) groups excluding carboxylic acids is 8. The molecule has 5 aliphatic heterocycles. The summed E-state index contributed by atoms with van der Waals surface area (Å²) in [5.41, 5.74) is 11.9. The molecular formula is C90H102N14O18S2. The highest BCUT2D eigenvalue weighted by molar-refractivity contribution is 7.17. The smallest absolute Gasteiger partial charge is 0.336 e. The lowest BCUT2D eigenvalue weighted by molar-refractivity contribution is -0.137. The van der Waals surface area contributed by atoms with Crippen molar-refractivity contribution in [1.29, 1.82) is 0 Å². The Labute approximate surface area is 724 Å². The number of carbonyl (C=O) groups is 10. The van der Waals surface area contributed by atoms with Gasteiger partial charge in [-0.3, -0.25) is 53.9 Å². The summed E-state index contributed by atoms with van der Waals surface area (Å²) in [5, 5.41) is 33.4. The number of para-hydroxylation sites is 2. The maximum Gasteiger partial charge on any atom is 0.336 e. The number of carboxylic acid groups (broad SMARTS) is 2. The predicted molar refractivity (Wildman–Crippen MR) is 469 cm³/mol. The molecule has 34 heteroatoms. The topological polar surface area (TPSA) is 414 Å². The summed E-state index contributed by atoms with van der Waals surface area (Å²) in [7, 11) is 0. The van der Waals surface area contributed by atoms with Gasteiger partial charge in [-0.25, -0.2) is 19.6 Å². The minimum Gasteiger partial charge on any atom is -0.491 e. The number of carboxylic acids is 2. The molecule has 4 atom stereocenters. The van der Waals surface area contributed by atoms with Gasteiger partial charge in [0.1, 0.15) is 65.2 Å². The quantitative estimate of drug-likeness (QED) is 0.0129. The van der Waals surface area contributed by atoms with Crippen molar-refractivity contribution in [3.8, 4) is 23.0 Å². The van der Waals surface area contributed by atoms with Crippen molar-refractivity contribution >= 4 is 125 Å². The number of nitrogens with zero attached hydrogens (tertiary/aromatic N) is 7. The number of amides is 8. The highest BCUT2D eigenvalue weighted by Gasteiger charge is 2.45. The van der Waals surface area contributed by atoms with E-state index in [-0.39, 0.29) is 103 Å². The molecule has 0 spiro atoms. The first-order valence-electron chi connectivity index (χ1n) is 41.8. The highest BCUT2D eigenvalue weighted by Crippen LogP contribution is 2.34. The van der Waals surface area contributed by atoms with Crippen molar-refractivity contribution in [2.24, 2.45) is 5.73 Å². The van der Waals surface area contributed by atoms with Gasteiger partial charge in [0.25, 0.3) is 23.6 Å². The van der Waals surface area contributed by atoms with E-state index in [1.807, 2.05) is 60.7 Å². The summed E-state index contributed by atoms with van der Waals surface area (Å²) in [4.78, 5) is 147. The molecule has 4 saturated heterocycles. The van der Waals surface area contributed by atoms with Gasteiger partial charge in [-0.2, -0.15) is 0 Å². The van der Waals surface area contributed by atoms with E-state index < -0.39 is 47.7 Å². The van der Waals surface area contributed by atoms with Crippen molar-refractivity contribution in [3.63, 3.8) is 0 Å². The maximum absolute atomic E-state index is 13.4. The van der Waals surface area contributed by atoms with Crippen LogP contribution in [0.4, 0.5) is 21.6 Å². The molecule has 0 radical (unpaired) electrons. The second-order valence-corrected chi connectivity index (χ2v) is 32.4. The first-order chi connectivity index (χ1) is 60.2. The Balaban J connectivity index is 0.000000194. The first kappa shape index (κ1) is 89.0. The monoisotopic (exact) mass is 1730 g/mol. The second kappa shape index (κ2) is 43.3. The Morgan fingerprint density at radius 3 is 1.36 bits per heavy atom. The van der Waals surface area contributed by atoms with E-state index in [9.17, 15) is 53.1 Å². The zero-order chi connectivity index (χ0) is 87.0. The van der Waals surface area contributed by atoms with Crippen LogP contribution in [-0.2, 0) is 41.5 Å². The number of rotatable bonds is 37. The number of imide groups is 3. The van der Waals surface area contributed by atoms with Crippen LogP contribution < -0.4 is 65.5 Å². The number of nitrogens with one attached hydrogen (secondary N) is 6. The molecule has 124 heavy (non-hydrogen) atoms. The summed E-state index contributed by atoms with van der Waals surface area (Å²) in [5.74, 6) is -3.48. The largest absolute Gasteiger partial charge is 0.491 e. The molecule has 4 fully saturated rings. The molecule has 652 valence electrons. The standard InChI is InChI=1S/C45H49N7O8S.C40H45N5O8S.C5H8N2O2/c1-2-3-6-30(25-29-27-46-37-8-5-4-7-34(29)37)48-42(55)39-28-47-45(61-39)51-19-17-50(18-20-51)31-9-11-32(12-10-31)59-23-21-58-22-24-60-33-13-14-35-36(26-33)44(57)52(43(35)56)38-15-16-40(53)49-41(38)54;1-2-3-6-28(23-27-25-41-35-8-5-4-7-32(27)35)43-37(46)36-26-42-40(54-36)45-17-15-44(16-18-45)29-9-11-30(12-10-29)52-21-19-51-20-22-53-31-13-14-33(38(47)48)34(24-31)39(49)50;6-3-1-2-4(8)7-5(3)9/h4-5,7-14,26-28,30,38,46H,2-3,6,15-25H2,1H3,(H,48,55)(H,49,53,54);4-5,7-14,24-26,28,41H,2-3,6,15-23H2,1H3,(H,43,46)(H,47,48)(H,49,50);3H,1-2,6H2,(H,7,8,9). The number of unbranched alkanes of at least 4 members (excludes halogenated alkanes) is 2. The lowest BCUT2D eigenvalue weighted by Gasteiger charge is -2.36. The van der Waals surface area contributed by atoms with Gasteiger partial charge in [0.15, 0.2) is 10.3 Å². The molecule has 10 aromatic rings. The van der Waals surface area contributed by atoms with E-state index in [1.54, 1.807) is 18.5 Å². The van der Waals surface area contributed by atoms with Crippen LogP contribution in [0.25, 0.3) is 21.8 Å². The van der Waals surface area contributed by atoms with Crippen LogP contribution in [0.5, 0.6) is 23.0 Å². The summed E-state index contributed by atoms with van der Waals surface area (Å²) in [6.07, 6.45) is 16.1. The lowest BCUT2D eigenvalue weighted by atomic mass is 10.0. The summed E-state index contributed by atoms with van der Waals surface area (Å²) in [6, 6.07) is 39.5. The van der Waals surface area contributed by atoms with E-state index in [0.29, 0.717) is 54.8 Å². The van der Waals surface area contributed by atoms with Crippen LogP contribution in [0.15, 0.2) is 158 Å². The van der Waals surface area contributed by atoms with Crippen LogP contribution in [0.3, 0.4) is 0 Å². The number of fused-ring (bicyclic) bond motifs is 3. The number of H-pyrrole nitrogens is 2. The Morgan fingerprint density at radius 1 is 0.492 bits per heavy atom. The van der Waals surface area contributed by atoms with Gasteiger partial charge in [-0.1, -0.05) is 98.6 Å². The summed E-state index contributed by atoms with van der Waals surface area (Å²) in [6.45, 7) is 13.1. The molecule has 0 aliphatic carbocycles. The van der Waals surface area contributed by atoms with Crippen molar-refractivity contribution < 1.29 is 86.6 Å². The molecule has 6 aromatic carbocycles. The zero-order valence-corrected chi connectivity index (χ0v) is 70.7. The third kappa shape index (κ3) is 23.5. The van der Waals surface area contributed by atoms with Crippen molar-refractivity contribution in [2.45, 2.75) is 115 Å². The third-order valence-electron chi connectivity index (χ3n) is 21.8. The Morgan fingerprint density at radius 2 is 0.911 bits per heavy atom. The fraction of sp³-hybridized carbons (Fsp3) is 0.378. The lowest BCUT2D eigenvalue weighted by Crippen LogP contribution is -2.54. The van der Waals surface area contributed by atoms with Gasteiger partial charge in [0, 0.05) is 123 Å². The number of aromatic carboxylic acids is 2. The van der Waals surface area contributed by atoms with Gasteiger partial charge in [0.2, 0.25) is 23.6 Å². The number of benzene rings is 6. The van der Waals surface area contributed by atoms with Crippen molar-refractivity contribution in [2.75, 3.05) is 125 Å². The number of anilines is 4. The number of piperazine rings is 2. The highest BCUT2D eigenvalue weighted by atomic mass is 32.1. The Hall–Kier alpha value is -12.8. The number of thiazole rings is 2. The van der Waals surface area contributed by atoms with Gasteiger partial charge >= 0.3 is 11.9 Å². The number of nitrogens with two attached hydrogens (primary N) is 1. The molecule has 0 saturated carbocycles. The van der Waals surface area contributed by atoms with Crippen LogP contribution in [0, 0.1) is 0 Å². The number of hydrogen-bond donors (Lipinski definition) is 9. The Bertz CT molecular complexity index is 5390. The zero-order valence-electron chi connectivity index (χ0n) is 69.1. The molecular weight excluding hydrogens is 1630 g/mol. The molecule has 10 N–H and O–H groups in total. The fourth-order valence-corrected chi connectivity index (χ4v) is 16.9. The number of piperidine rings is 2. The SMILES string of the molecule is CCCCC(Cc1c[nH]c2ccccc12)NC(=O)c1cnc(N2CCN(c3ccc(OCCOCCOc4ccc(C(=O)O)c(C(=O)O)c4)cc3)CC2)s1.CCCCC(Cc1c[nH]c2ccccc12)NC(=O)c1cnc(N2CCN(c3ccc(OCCOCCOc4ccc5c(c4)C(=O)N(C4CCC(=O)NC4=O)C5=O)cc3)CC2)s1.NC1CCC(=O)NC1=O. The van der Waals surface area contributed by atoms with E-state index in [2.05, 4.69) is 123 Å². The summed E-state index contributed by atoms with van der Waals surface area (Å²) < 4.78 is 34.2. The number of ether oxygens (including phenoxy) is 6. The van der Waals surface area contributed by atoms with Crippen LogP contribution in [0.2, 0.25) is 0 Å².